The monoisotopic (exact) mass is 418 g/mol. The van der Waals surface area contributed by atoms with Crippen LogP contribution >= 0.6 is 27.5 Å². The molecule has 23 heavy (non-hydrogen) atoms. The quantitative estimate of drug-likeness (QED) is 0.592. The average Bonchev–Trinajstić information content (AvgIpc) is 2.50. The maximum absolute atomic E-state index is 12.6. The zero-order valence-electron chi connectivity index (χ0n) is 12.8. The summed E-state index contributed by atoms with van der Waals surface area (Å²) < 4.78 is 33.4. The number of aryl methyl sites for hydroxylation is 2. The number of rotatable bonds is 5. The summed E-state index contributed by atoms with van der Waals surface area (Å²) in [6.07, 6.45) is 0.543. The molecule has 0 bridgehead atoms. The molecule has 1 unspecified atom stereocenters. The molecule has 0 saturated carbocycles. The lowest BCUT2D eigenvalue weighted by Gasteiger charge is -2.19. The van der Waals surface area contributed by atoms with Gasteiger partial charge < -0.3 is 4.74 Å². The fourth-order valence-corrected chi connectivity index (χ4v) is 3.76. The van der Waals surface area contributed by atoms with Gasteiger partial charge in [0.2, 0.25) is 10.0 Å². The van der Waals surface area contributed by atoms with Crippen LogP contribution < -0.4 is 4.72 Å². The van der Waals surface area contributed by atoms with Gasteiger partial charge in [0.25, 0.3) is 0 Å². The number of sulfonamides is 1. The summed E-state index contributed by atoms with van der Waals surface area (Å²) in [6, 6.07) is 6.54. The first-order valence-electron chi connectivity index (χ1n) is 6.68. The molecule has 2 aromatic rings. The Hall–Kier alpha value is -0.990. The Morgan fingerprint density at radius 1 is 1.26 bits per heavy atom. The highest BCUT2D eigenvalue weighted by atomic mass is 79.9. The summed E-state index contributed by atoms with van der Waals surface area (Å²) in [5.74, 6) is 0. The fourth-order valence-electron chi connectivity index (χ4n) is 1.95. The molecule has 0 amide bonds. The molecule has 1 N–H and O–H groups in total. The van der Waals surface area contributed by atoms with E-state index < -0.39 is 16.3 Å². The second-order valence-corrected chi connectivity index (χ2v) is 7.92. The van der Waals surface area contributed by atoms with Crippen LogP contribution in [0.2, 0.25) is 5.02 Å². The van der Waals surface area contributed by atoms with E-state index in [0.29, 0.717) is 15.2 Å². The Labute approximate surface area is 149 Å². The van der Waals surface area contributed by atoms with E-state index in [9.17, 15) is 8.42 Å². The minimum Gasteiger partial charge on any atom is -0.361 e. The Kier molecular flexibility index (Phi) is 5.80. The minimum absolute atomic E-state index is 0.175. The standard InChI is InChI=1S/C15H16BrClN2O3S/c1-9-4-5-12(6-10(9)2)23(20,21)19-15(22-3)13-7-11(17)8-18-14(13)16/h4-8,15,19H,1-3H3. The van der Waals surface area contributed by atoms with Crippen LogP contribution in [0.1, 0.15) is 22.9 Å². The molecule has 2 rings (SSSR count). The number of hydrogen-bond acceptors (Lipinski definition) is 4. The van der Waals surface area contributed by atoms with Gasteiger partial charge in [-0.05, 0) is 59.1 Å². The van der Waals surface area contributed by atoms with Gasteiger partial charge in [0.05, 0.1) is 9.92 Å². The predicted octanol–water partition coefficient (Wildman–Crippen LogP) is 3.74. The van der Waals surface area contributed by atoms with Gasteiger partial charge in [-0.3, -0.25) is 0 Å². The minimum atomic E-state index is -3.76. The predicted molar refractivity (Wildman–Crippen MR) is 92.9 cm³/mol. The number of nitrogens with zero attached hydrogens (tertiary/aromatic N) is 1. The molecule has 124 valence electrons. The normalized spacial score (nSPS) is 13.1. The van der Waals surface area contributed by atoms with Crippen molar-refractivity contribution in [3.63, 3.8) is 0 Å². The molecule has 0 saturated heterocycles. The van der Waals surface area contributed by atoms with Crippen molar-refractivity contribution in [2.75, 3.05) is 7.11 Å². The van der Waals surface area contributed by atoms with Gasteiger partial charge in [-0.15, -0.1) is 0 Å². The van der Waals surface area contributed by atoms with Gasteiger partial charge in [-0.1, -0.05) is 17.7 Å². The molecule has 0 fully saturated rings. The highest BCUT2D eigenvalue weighted by Gasteiger charge is 2.23. The van der Waals surface area contributed by atoms with Crippen molar-refractivity contribution >= 4 is 37.6 Å². The number of methoxy groups -OCH3 is 1. The number of benzene rings is 1. The van der Waals surface area contributed by atoms with Crippen LogP contribution in [-0.4, -0.2) is 20.5 Å². The first-order chi connectivity index (χ1) is 10.7. The second-order valence-electron chi connectivity index (χ2n) is 5.02. The second kappa shape index (κ2) is 7.27. The van der Waals surface area contributed by atoms with Crippen LogP contribution in [0.4, 0.5) is 0 Å². The van der Waals surface area contributed by atoms with Gasteiger partial charge in [-0.25, -0.2) is 13.4 Å². The van der Waals surface area contributed by atoms with E-state index in [1.54, 1.807) is 24.3 Å². The zero-order chi connectivity index (χ0) is 17.2. The van der Waals surface area contributed by atoms with Crippen molar-refractivity contribution in [1.82, 2.24) is 9.71 Å². The smallest absolute Gasteiger partial charge is 0.242 e. The van der Waals surface area contributed by atoms with Crippen molar-refractivity contribution in [3.8, 4) is 0 Å². The molecule has 1 aromatic heterocycles. The van der Waals surface area contributed by atoms with Gasteiger partial charge in [0, 0.05) is 18.9 Å². The molecule has 0 spiro atoms. The maximum atomic E-state index is 12.6. The van der Waals surface area contributed by atoms with Crippen molar-refractivity contribution in [1.29, 1.82) is 0 Å². The largest absolute Gasteiger partial charge is 0.361 e. The molecule has 1 aromatic carbocycles. The molecular formula is C15H16BrClN2O3S. The number of aromatic nitrogens is 1. The summed E-state index contributed by atoms with van der Waals surface area (Å²) in [5, 5.41) is 0.385. The third-order valence-corrected chi connectivity index (χ3v) is 5.67. The van der Waals surface area contributed by atoms with Gasteiger partial charge in [-0.2, -0.15) is 4.72 Å². The fraction of sp³-hybridized carbons (Fsp3) is 0.267. The summed E-state index contributed by atoms with van der Waals surface area (Å²) in [4.78, 5) is 4.22. The van der Waals surface area contributed by atoms with E-state index in [1.807, 2.05) is 13.8 Å². The lowest BCUT2D eigenvalue weighted by Crippen LogP contribution is -2.30. The third kappa shape index (κ3) is 4.30. The number of pyridine rings is 1. The van der Waals surface area contributed by atoms with Crippen molar-refractivity contribution in [2.45, 2.75) is 25.0 Å². The van der Waals surface area contributed by atoms with Crippen LogP contribution in [0.25, 0.3) is 0 Å². The van der Waals surface area contributed by atoms with Crippen molar-refractivity contribution in [2.24, 2.45) is 0 Å². The molecule has 1 atom stereocenters. The Morgan fingerprint density at radius 2 is 1.96 bits per heavy atom. The molecule has 0 aliphatic rings. The average molecular weight is 420 g/mol. The van der Waals surface area contributed by atoms with E-state index in [1.165, 1.54) is 13.3 Å². The summed E-state index contributed by atoms with van der Waals surface area (Å²) in [6.45, 7) is 3.78. The van der Waals surface area contributed by atoms with Crippen LogP contribution in [0.3, 0.4) is 0 Å². The summed E-state index contributed by atoms with van der Waals surface area (Å²) in [7, 11) is -2.35. The number of ether oxygens (including phenoxy) is 1. The molecule has 5 nitrogen and oxygen atoms in total. The molecule has 0 radical (unpaired) electrons. The van der Waals surface area contributed by atoms with Crippen molar-refractivity contribution < 1.29 is 13.2 Å². The lowest BCUT2D eigenvalue weighted by atomic mass is 10.1. The van der Waals surface area contributed by atoms with E-state index in [-0.39, 0.29) is 4.90 Å². The van der Waals surface area contributed by atoms with E-state index >= 15 is 0 Å². The number of nitrogens with one attached hydrogen (secondary N) is 1. The van der Waals surface area contributed by atoms with Crippen molar-refractivity contribution in [3.05, 3.63) is 56.8 Å². The SMILES string of the molecule is COC(NS(=O)(=O)c1ccc(C)c(C)c1)c1cc(Cl)cnc1Br. The topological polar surface area (TPSA) is 68.3 Å². The van der Waals surface area contributed by atoms with Crippen LogP contribution in [0.5, 0.6) is 0 Å². The van der Waals surface area contributed by atoms with Crippen LogP contribution in [-0.2, 0) is 14.8 Å². The molecule has 1 heterocycles. The van der Waals surface area contributed by atoms with Gasteiger partial charge in [0.1, 0.15) is 10.8 Å². The van der Waals surface area contributed by atoms with Gasteiger partial charge in [0.15, 0.2) is 0 Å². The van der Waals surface area contributed by atoms with Crippen LogP contribution in [0, 0.1) is 13.8 Å². The molecule has 8 heteroatoms. The van der Waals surface area contributed by atoms with E-state index in [4.69, 9.17) is 16.3 Å². The molecule has 0 aliphatic heterocycles. The maximum Gasteiger partial charge on any atom is 0.242 e. The highest BCUT2D eigenvalue weighted by molar-refractivity contribution is 9.10. The number of hydrogen-bond donors (Lipinski definition) is 1. The first-order valence-corrected chi connectivity index (χ1v) is 9.33. The zero-order valence-corrected chi connectivity index (χ0v) is 16.0. The first kappa shape index (κ1) is 18.4. The third-order valence-electron chi connectivity index (χ3n) is 3.40. The number of halogens is 2. The summed E-state index contributed by atoms with van der Waals surface area (Å²) >= 11 is 9.20. The highest BCUT2D eigenvalue weighted by Crippen LogP contribution is 2.26. The lowest BCUT2D eigenvalue weighted by molar-refractivity contribution is 0.0932. The van der Waals surface area contributed by atoms with E-state index in [0.717, 1.165) is 11.1 Å². The van der Waals surface area contributed by atoms with Gasteiger partial charge >= 0.3 is 0 Å². The molecule has 0 aliphatic carbocycles. The van der Waals surface area contributed by atoms with E-state index in [2.05, 4.69) is 25.6 Å². The molecular weight excluding hydrogens is 404 g/mol. The van der Waals surface area contributed by atoms with Crippen LogP contribution in [0.15, 0.2) is 40.0 Å². The Bertz CT molecular complexity index is 827. The Balaban J connectivity index is 2.37. The summed E-state index contributed by atoms with van der Waals surface area (Å²) in [5.41, 5.74) is 2.41. The Morgan fingerprint density at radius 3 is 2.57 bits per heavy atom.